The van der Waals surface area contributed by atoms with Gasteiger partial charge in [-0.2, -0.15) is 0 Å². The maximum absolute atomic E-state index is 13.4. The summed E-state index contributed by atoms with van der Waals surface area (Å²) in [5.41, 5.74) is 0.0595. The summed E-state index contributed by atoms with van der Waals surface area (Å²) in [4.78, 5) is 26.6. The molecule has 1 aliphatic carbocycles. The van der Waals surface area contributed by atoms with Gasteiger partial charge in [0.15, 0.2) is 17.3 Å². The van der Waals surface area contributed by atoms with Gasteiger partial charge in [0, 0.05) is 22.8 Å². The summed E-state index contributed by atoms with van der Waals surface area (Å²) in [5.74, 6) is -0.0822. The standard InChI is InChI=1S/C26H24O9S/c1-12(27)32-23-22-21(34-26(2,3)35-22)20-16(24(23)36-13-8-6-5-7-9-13)14-10-15-18(31-11-30-15)19(29-4)17(14)25(28)33-20/h5-10,21-24H,11H2,1-4H3/t21-,22-,23+,24?/m0/s1. The lowest BCUT2D eigenvalue weighted by Crippen LogP contribution is -2.43. The molecule has 3 aliphatic rings. The number of benzene rings is 2. The molecule has 9 nitrogen and oxygen atoms in total. The lowest BCUT2D eigenvalue weighted by molar-refractivity contribution is -0.169. The highest BCUT2D eigenvalue weighted by molar-refractivity contribution is 7.99. The number of fused-ring (bicyclic) bond motifs is 6. The van der Waals surface area contributed by atoms with Gasteiger partial charge >= 0.3 is 11.6 Å². The molecule has 3 aromatic rings. The predicted octanol–water partition coefficient (Wildman–Crippen LogP) is 4.50. The smallest absolute Gasteiger partial charge is 0.347 e. The molecule has 1 unspecified atom stereocenters. The van der Waals surface area contributed by atoms with Gasteiger partial charge in [-0.15, -0.1) is 11.8 Å². The minimum Gasteiger partial charge on any atom is -0.492 e. The van der Waals surface area contributed by atoms with E-state index in [-0.39, 0.29) is 17.9 Å². The molecular formula is C26H24O9S. The van der Waals surface area contributed by atoms with E-state index in [1.165, 1.54) is 25.8 Å². The van der Waals surface area contributed by atoms with Gasteiger partial charge < -0.3 is 32.8 Å². The first-order chi connectivity index (χ1) is 17.3. The van der Waals surface area contributed by atoms with Crippen LogP contribution in [0, 0.1) is 0 Å². The second kappa shape index (κ2) is 8.43. The first-order valence-corrected chi connectivity index (χ1v) is 12.4. The van der Waals surface area contributed by atoms with Crippen LogP contribution < -0.4 is 19.8 Å². The Bertz CT molecular complexity index is 1410. The Kier molecular flexibility index (Phi) is 5.43. The summed E-state index contributed by atoms with van der Waals surface area (Å²) in [7, 11) is 1.46. The third-order valence-corrected chi connectivity index (χ3v) is 7.69. The molecule has 36 heavy (non-hydrogen) atoms. The highest BCUT2D eigenvalue weighted by atomic mass is 32.2. The predicted molar refractivity (Wildman–Crippen MR) is 129 cm³/mol. The molecule has 0 radical (unpaired) electrons. The van der Waals surface area contributed by atoms with E-state index < -0.39 is 40.9 Å². The Morgan fingerprint density at radius 2 is 1.92 bits per heavy atom. The van der Waals surface area contributed by atoms with E-state index in [2.05, 4.69) is 0 Å². The second-order valence-corrected chi connectivity index (χ2v) is 10.4. The van der Waals surface area contributed by atoms with Crippen LogP contribution in [0.2, 0.25) is 0 Å². The molecule has 10 heteroatoms. The zero-order chi connectivity index (χ0) is 25.2. The fourth-order valence-electron chi connectivity index (χ4n) is 5.13. The van der Waals surface area contributed by atoms with E-state index in [4.69, 9.17) is 32.8 Å². The summed E-state index contributed by atoms with van der Waals surface area (Å²) in [6.45, 7) is 4.91. The molecule has 188 valence electrons. The largest absolute Gasteiger partial charge is 0.492 e. The number of hydrogen-bond acceptors (Lipinski definition) is 10. The number of thioether (sulfide) groups is 1. The first-order valence-electron chi connectivity index (χ1n) is 11.5. The van der Waals surface area contributed by atoms with Crippen molar-refractivity contribution < 1.29 is 37.6 Å². The molecular weight excluding hydrogens is 488 g/mol. The van der Waals surface area contributed by atoms with Crippen molar-refractivity contribution in [3.63, 3.8) is 0 Å². The first kappa shape index (κ1) is 23.2. The molecule has 1 saturated heterocycles. The molecule has 3 heterocycles. The van der Waals surface area contributed by atoms with E-state index in [0.29, 0.717) is 28.2 Å². The van der Waals surface area contributed by atoms with Crippen molar-refractivity contribution in [2.45, 2.75) is 55.0 Å². The average molecular weight is 513 g/mol. The molecule has 0 amide bonds. The fraction of sp³-hybridized carbons (Fsp3) is 0.385. The van der Waals surface area contributed by atoms with Gasteiger partial charge in [0.05, 0.1) is 12.4 Å². The van der Waals surface area contributed by atoms with Crippen LogP contribution in [-0.4, -0.2) is 37.9 Å². The van der Waals surface area contributed by atoms with Crippen LogP contribution in [0.15, 0.2) is 50.5 Å². The second-order valence-electron chi connectivity index (χ2n) is 9.18. The maximum atomic E-state index is 13.4. The van der Waals surface area contributed by atoms with Gasteiger partial charge in [0.1, 0.15) is 29.5 Å². The molecule has 1 fully saturated rings. The molecule has 6 rings (SSSR count). The quantitative estimate of drug-likeness (QED) is 0.464. The van der Waals surface area contributed by atoms with Gasteiger partial charge in [0.25, 0.3) is 0 Å². The average Bonchev–Trinajstić information content (AvgIpc) is 3.43. The minimum absolute atomic E-state index is 0.00362. The van der Waals surface area contributed by atoms with Crippen LogP contribution in [0.5, 0.6) is 17.2 Å². The van der Waals surface area contributed by atoms with Crippen molar-refractivity contribution in [2.75, 3.05) is 13.9 Å². The lowest BCUT2D eigenvalue weighted by atomic mass is 9.86. The number of hydrogen-bond donors (Lipinski definition) is 0. The normalized spacial score (nSPS) is 25.3. The SMILES string of the molecule is COc1c2c(cc3c4c(oc(=O)c13)[C@@H]1OC(C)(C)O[C@@H]1[C@@H](OC(C)=O)C4Sc1ccccc1)OCO2. The van der Waals surface area contributed by atoms with Crippen LogP contribution in [0.25, 0.3) is 10.8 Å². The fourth-order valence-corrected chi connectivity index (χ4v) is 6.44. The Hall–Kier alpha value is -3.21. The summed E-state index contributed by atoms with van der Waals surface area (Å²) < 4.78 is 41.1. The summed E-state index contributed by atoms with van der Waals surface area (Å²) in [6.07, 6.45) is -2.19. The Morgan fingerprint density at radius 3 is 2.64 bits per heavy atom. The van der Waals surface area contributed by atoms with Gasteiger partial charge in [-0.3, -0.25) is 4.79 Å². The van der Waals surface area contributed by atoms with Crippen LogP contribution in [0.4, 0.5) is 0 Å². The van der Waals surface area contributed by atoms with Gasteiger partial charge in [0.2, 0.25) is 12.5 Å². The van der Waals surface area contributed by atoms with Crippen molar-refractivity contribution in [3.05, 3.63) is 58.1 Å². The number of rotatable bonds is 4. The van der Waals surface area contributed by atoms with Crippen molar-refractivity contribution in [1.82, 2.24) is 0 Å². The number of carbonyl (C=O) groups excluding carboxylic acids is 1. The van der Waals surface area contributed by atoms with Crippen LogP contribution in [0.1, 0.15) is 43.4 Å². The molecule has 4 atom stereocenters. The number of ether oxygens (including phenoxy) is 6. The van der Waals surface area contributed by atoms with E-state index in [0.717, 1.165) is 4.90 Å². The Morgan fingerprint density at radius 1 is 1.14 bits per heavy atom. The molecule has 2 aliphatic heterocycles. The number of esters is 1. The summed E-state index contributed by atoms with van der Waals surface area (Å²) in [6, 6.07) is 11.5. The molecule has 1 aromatic heterocycles. The van der Waals surface area contributed by atoms with E-state index in [1.54, 1.807) is 19.9 Å². The molecule has 2 aromatic carbocycles. The highest BCUT2D eigenvalue weighted by Crippen LogP contribution is 2.57. The third-order valence-electron chi connectivity index (χ3n) is 6.39. The number of methoxy groups -OCH3 is 1. The Labute approximate surface area is 210 Å². The van der Waals surface area contributed by atoms with Gasteiger partial charge in [-0.05, 0) is 32.0 Å². The van der Waals surface area contributed by atoms with Crippen LogP contribution in [0.3, 0.4) is 0 Å². The minimum atomic E-state index is -0.989. The zero-order valence-electron chi connectivity index (χ0n) is 20.1. The summed E-state index contributed by atoms with van der Waals surface area (Å²) >= 11 is 1.49. The molecule has 0 bridgehead atoms. The van der Waals surface area contributed by atoms with E-state index in [1.807, 2.05) is 30.3 Å². The van der Waals surface area contributed by atoms with Crippen LogP contribution in [-0.2, 0) is 19.0 Å². The molecule has 0 spiro atoms. The highest BCUT2D eigenvalue weighted by Gasteiger charge is 2.56. The summed E-state index contributed by atoms with van der Waals surface area (Å²) in [5, 5.41) is 0.277. The van der Waals surface area contributed by atoms with Crippen molar-refractivity contribution in [3.8, 4) is 17.2 Å². The monoisotopic (exact) mass is 512 g/mol. The van der Waals surface area contributed by atoms with Crippen molar-refractivity contribution >= 4 is 28.5 Å². The zero-order valence-corrected chi connectivity index (χ0v) is 20.9. The Balaban J connectivity index is 1.66. The third kappa shape index (κ3) is 3.63. The lowest BCUT2D eigenvalue weighted by Gasteiger charge is -2.37. The molecule has 0 saturated carbocycles. The van der Waals surface area contributed by atoms with Gasteiger partial charge in [-0.1, -0.05) is 18.2 Å². The van der Waals surface area contributed by atoms with E-state index in [9.17, 15) is 9.59 Å². The number of carbonyl (C=O) groups is 1. The van der Waals surface area contributed by atoms with Gasteiger partial charge in [-0.25, -0.2) is 4.79 Å². The van der Waals surface area contributed by atoms with Crippen molar-refractivity contribution in [2.24, 2.45) is 0 Å². The van der Waals surface area contributed by atoms with Crippen molar-refractivity contribution in [1.29, 1.82) is 0 Å². The maximum Gasteiger partial charge on any atom is 0.347 e. The topological polar surface area (TPSA) is 103 Å². The van der Waals surface area contributed by atoms with E-state index >= 15 is 0 Å². The molecule has 0 N–H and O–H groups in total. The van der Waals surface area contributed by atoms with Crippen LogP contribution >= 0.6 is 11.8 Å².